The SMILES string of the molecule is CC(C)CN(c1ccc(C(C)C/C(=N/N)NN)cc1N)C1CCOCC1. The lowest BCUT2D eigenvalue weighted by molar-refractivity contribution is 0.0839. The molecule has 1 unspecified atom stereocenters. The number of hydrogen-bond acceptors (Lipinski definition) is 6. The lowest BCUT2D eigenvalue weighted by Crippen LogP contribution is -2.42. The van der Waals surface area contributed by atoms with Gasteiger partial charge in [-0.1, -0.05) is 26.8 Å². The number of benzene rings is 1. The fourth-order valence-corrected chi connectivity index (χ4v) is 3.53. The number of amidine groups is 1. The first-order valence-corrected chi connectivity index (χ1v) is 9.43. The molecule has 7 heteroatoms. The smallest absolute Gasteiger partial charge is 0.136 e. The van der Waals surface area contributed by atoms with E-state index >= 15 is 0 Å². The summed E-state index contributed by atoms with van der Waals surface area (Å²) in [6.45, 7) is 9.23. The molecule has 0 aromatic heterocycles. The van der Waals surface area contributed by atoms with Gasteiger partial charge in [-0.05, 0) is 42.4 Å². The molecule has 2 rings (SSSR count). The van der Waals surface area contributed by atoms with Crippen LogP contribution in [-0.4, -0.2) is 31.6 Å². The first kappa shape index (κ1) is 20.3. The van der Waals surface area contributed by atoms with Crippen molar-refractivity contribution in [2.75, 3.05) is 30.4 Å². The number of nitrogens with one attached hydrogen (secondary N) is 1. The average Bonchev–Trinajstić information content (AvgIpc) is 2.64. The minimum absolute atomic E-state index is 0.214. The fraction of sp³-hybridized carbons (Fsp3) is 0.632. The van der Waals surface area contributed by atoms with Crippen molar-refractivity contribution in [2.45, 2.75) is 52.0 Å². The van der Waals surface area contributed by atoms with Crippen molar-refractivity contribution in [3.8, 4) is 0 Å². The minimum atomic E-state index is 0.214. The van der Waals surface area contributed by atoms with Crippen molar-refractivity contribution in [1.82, 2.24) is 5.43 Å². The molecule has 146 valence electrons. The number of anilines is 2. The molecule has 0 radical (unpaired) electrons. The zero-order chi connectivity index (χ0) is 19.1. The zero-order valence-corrected chi connectivity index (χ0v) is 16.2. The Bertz CT molecular complexity index is 598. The molecule has 1 atom stereocenters. The largest absolute Gasteiger partial charge is 0.397 e. The molecular formula is C19H34N6O. The first-order chi connectivity index (χ1) is 12.5. The molecule has 0 amide bonds. The summed E-state index contributed by atoms with van der Waals surface area (Å²) in [6.07, 6.45) is 2.73. The molecule has 0 saturated carbocycles. The maximum Gasteiger partial charge on any atom is 0.136 e. The van der Waals surface area contributed by atoms with Gasteiger partial charge in [-0.25, -0.2) is 5.84 Å². The third-order valence-corrected chi connectivity index (χ3v) is 4.95. The van der Waals surface area contributed by atoms with Crippen LogP contribution >= 0.6 is 0 Å². The third kappa shape index (κ3) is 5.25. The summed E-state index contributed by atoms with van der Waals surface area (Å²) in [4.78, 5) is 2.46. The van der Waals surface area contributed by atoms with Crippen molar-refractivity contribution in [3.05, 3.63) is 23.8 Å². The van der Waals surface area contributed by atoms with Gasteiger partial charge in [0.05, 0.1) is 11.4 Å². The Morgan fingerprint density at radius 1 is 1.31 bits per heavy atom. The van der Waals surface area contributed by atoms with Crippen LogP contribution in [0.25, 0.3) is 0 Å². The highest BCUT2D eigenvalue weighted by atomic mass is 16.5. The van der Waals surface area contributed by atoms with Crippen LogP contribution in [-0.2, 0) is 4.74 Å². The summed E-state index contributed by atoms with van der Waals surface area (Å²) in [6, 6.07) is 6.84. The summed E-state index contributed by atoms with van der Waals surface area (Å²) in [7, 11) is 0. The van der Waals surface area contributed by atoms with Gasteiger partial charge in [-0.3, -0.25) is 0 Å². The van der Waals surface area contributed by atoms with Crippen LogP contribution in [0.2, 0.25) is 0 Å². The molecule has 1 aromatic carbocycles. The molecule has 0 spiro atoms. The van der Waals surface area contributed by atoms with E-state index < -0.39 is 0 Å². The van der Waals surface area contributed by atoms with Crippen molar-refractivity contribution in [1.29, 1.82) is 0 Å². The number of nitrogen functional groups attached to an aromatic ring is 1. The lowest BCUT2D eigenvalue weighted by atomic mass is 9.95. The topological polar surface area (TPSA) is 115 Å². The second kappa shape index (κ2) is 9.64. The van der Waals surface area contributed by atoms with Crippen molar-refractivity contribution >= 4 is 17.2 Å². The Morgan fingerprint density at radius 3 is 2.54 bits per heavy atom. The van der Waals surface area contributed by atoms with Crippen LogP contribution in [0.1, 0.15) is 51.5 Å². The monoisotopic (exact) mass is 362 g/mol. The van der Waals surface area contributed by atoms with Gasteiger partial charge < -0.3 is 26.6 Å². The number of hydrazine groups is 1. The lowest BCUT2D eigenvalue weighted by Gasteiger charge is -2.38. The van der Waals surface area contributed by atoms with Crippen LogP contribution in [0, 0.1) is 5.92 Å². The van der Waals surface area contributed by atoms with Gasteiger partial charge in [-0.15, -0.1) is 0 Å². The van der Waals surface area contributed by atoms with Crippen molar-refractivity contribution in [3.63, 3.8) is 0 Å². The molecule has 1 fully saturated rings. The van der Waals surface area contributed by atoms with Crippen LogP contribution in [0.4, 0.5) is 11.4 Å². The highest BCUT2D eigenvalue weighted by Gasteiger charge is 2.24. The highest BCUT2D eigenvalue weighted by molar-refractivity contribution is 5.82. The van der Waals surface area contributed by atoms with Crippen LogP contribution in [0.15, 0.2) is 23.3 Å². The summed E-state index contributed by atoms with van der Waals surface area (Å²) < 4.78 is 5.53. The Morgan fingerprint density at radius 2 is 2.00 bits per heavy atom. The summed E-state index contributed by atoms with van der Waals surface area (Å²) in [5.74, 6) is 12.1. The van der Waals surface area contributed by atoms with Gasteiger partial charge in [0.15, 0.2) is 0 Å². The van der Waals surface area contributed by atoms with E-state index in [1.165, 1.54) is 0 Å². The highest BCUT2D eigenvalue weighted by Crippen LogP contribution is 2.32. The Kier molecular flexibility index (Phi) is 7.53. The van der Waals surface area contributed by atoms with Gasteiger partial charge in [0.2, 0.25) is 0 Å². The molecule has 1 heterocycles. The third-order valence-electron chi connectivity index (χ3n) is 4.95. The van der Waals surface area contributed by atoms with Crippen LogP contribution in [0.3, 0.4) is 0 Å². The van der Waals surface area contributed by atoms with E-state index in [4.69, 9.17) is 22.2 Å². The normalized spacial score (nSPS) is 17.3. The molecular weight excluding hydrogens is 328 g/mol. The second-order valence-electron chi connectivity index (χ2n) is 7.53. The maximum atomic E-state index is 6.47. The zero-order valence-electron chi connectivity index (χ0n) is 16.2. The average molecular weight is 363 g/mol. The quantitative estimate of drug-likeness (QED) is 0.194. The molecule has 26 heavy (non-hydrogen) atoms. The molecule has 1 aliphatic heterocycles. The molecule has 7 N–H and O–H groups in total. The number of hydrazone groups is 1. The predicted molar refractivity (Wildman–Crippen MR) is 109 cm³/mol. The number of nitrogens with zero attached hydrogens (tertiary/aromatic N) is 2. The molecule has 1 saturated heterocycles. The Hall–Kier alpha value is -1.99. The molecule has 7 nitrogen and oxygen atoms in total. The Labute approximate surface area is 156 Å². The predicted octanol–water partition coefficient (Wildman–Crippen LogP) is 2.14. The van der Waals surface area contributed by atoms with Gasteiger partial charge in [0.25, 0.3) is 0 Å². The summed E-state index contributed by atoms with van der Waals surface area (Å²) in [5, 5.41) is 3.66. The Balaban J connectivity index is 2.21. The molecule has 1 aliphatic rings. The summed E-state index contributed by atoms with van der Waals surface area (Å²) >= 11 is 0. The van der Waals surface area contributed by atoms with Gasteiger partial charge >= 0.3 is 0 Å². The number of hydrogen-bond donors (Lipinski definition) is 4. The van der Waals surface area contributed by atoms with Crippen molar-refractivity contribution < 1.29 is 4.74 Å². The first-order valence-electron chi connectivity index (χ1n) is 9.43. The molecule has 1 aromatic rings. The van der Waals surface area contributed by atoms with E-state index in [1.807, 2.05) is 0 Å². The van der Waals surface area contributed by atoms with Gasteiger partial charge in [0.1, 0.15) is 5.84 Å². The van der Waals surface area contributed by atoms with Gasteiger partial charge in [0, 0.05) is 32.2 Å². The minimum Gasteiger partial charge on any atom is -0.397 e. The van der Waals surface area contributed by atoms with Gasteiger partial charge in [-0.2, -0.15) is 5.10 Å². The fourth-order valence-electron chi connectivity index (χ4n) is 3.53. The number of nitrogens with two attached hydrogens (primary N) is 3. The number of rotatable bonds is 7. The van der Waals surface area contributed by atoms with Crippen molar-refractivity contribution in [2.24, 2.45) is 22.7 Å². The van der Waals surface area contributed by atoms with E-state index in [9.17, 15) is 0 Å². The second-order valence-corrected chi connectivity index (χ2v) is 7.53. The molecule has 0 bridgehead atoms. The van der Waals surface area contributed by atoms with E-state index in [-0.39, 0.29) is 5.92 Å². The molecule has 0 aliphatic carbocycles. The van der Waals surface area contributed by atoms with Crippen LogP contribution in [0.5, 0.6) is 0 Å². The van der Waals surface area contributed by atoms with E-state index in [2.05, 4.69) is 54.4 Å². The number of ether oxygens (including phenoxy) is 1. The van der Waals surface area contributed by atoms with E-state index in [0.717, 1.165) is 49.5 Å². The standard InChI is InChI=1S/C19H34N6O/c1-13(2)12-25(16-6-8-26-9-7-16)18-5-4-15(11-17(18)20)14(3)10-19(23-21)24-22/h4-5,11,13-14,16H,6-10,12,20-22H2,1-3H3,(H,23,24). The van der Waals surface area contributed by atoms with E-state index in [1.54, 1.807) is 0 Å². The van der Waals surface area contributed by atoms with E-state index in [0.29, 0.717) is 24.2 Å². The summed E-state index contributed by atoms with van der Waals surface area (Å²) in [5.41, 5.74) is 12.1. The maximum absolute atomic E-state index is 6.47. The van der Waals surface area contributed by atoms with Crippen LogP contribution < -0.4 is 27.7 Å².